The highest BCUT2D eigenvalue weighted by atomic mass is 19.4. The predicted molar refractivity (Wildman–Crippen MR) is 82.5 cm³/mol. The number of hydrogen-bond donors (Lipinski definition) is 0. The Morgan fingerprint density at radius 2 is 1.20 bits per heavy atom. The van der Waals surface area contributed by atoms with Gasteiger partial charge in [-0.2, -0.15) is 13.2 Å². The van der Waals surface area contributed by atoms with Gasteiger partial charge in [-0.25, -0.2) is 4.79 Å². The van der Waals surface area contributed by atoms with Gasteiger partial charge in [0.2, 0.25) is 0 Å². The van der Waals surface area contributed by atoms with Crippen molar-refractivity contribution in [3.63, 3.8) is 0 Å². The number of rotatable bonds is 5. The number of ether oxygens (including phenoxy) is 1. The van der Waals surface area contributed by atoms with Crippen molar-refractivity contribution in [1.29, 1.82) is 0 Å². The molecule has 0 saturated carbocycles. The number of halogens is 3. The maximum atomic E-state index is 12.5. The number of ketones is 2. The van der Waals surface area contributed by atoms with E-state index >= 15 is 0 Å². The largest absolute Gasteiger partial charge is 0.465 e. The maximum Gasteiger partial charge on any atom is 0.416 e. The molecule has 2 aromatic carbocycles. The van der Waals surface area contributed by atoms with E-state index < -0.39 is 35.7 Å². The molecular weight excluding hydrogens is 337 g/mol. The Labute approximate surface area is 141 Å². The molecule has 0 aliphatic rings. The van der Waals surface area contributed by atoms with Gasteiger partial charge in [0, 0.05) is 11.1 Å². The highest BCUT2D eigenvalue weighted by Crippen LogP contribution is 2.29. The number of carbonyl (C=O) groups excluding carboxylic acids is 3. The van der Waals surface area contributed by atoms with Gasteiger partial charge in [-0.05, 0) is 24.3 Å². The van der Waals surface area contributed by atoms with Crippen LogP contribution in [-0.2, 0) is 10.9 Å². The third kappa shape index (κ3) is 4.53. The first kappa shape index (κ1) is 18.4. The number of hydrogen-bond acceptors (Lipinski definition) is 4. The van der Waals surface area contributed by atoms with Crippen molar-refractivity contribution in [2.45, 2.75) is 12.6 Å². The Bertz CT molecular complexity index is 791. The minimum atomic E-state index is -4.49. The minimum Gasteiger partial charge on any atom is -0.465 e. The van der Waals surface area contributed by atoms with Crippen molar-refractivity contribution in [1.82, 2.24) is 0 Å². The molecule has 25 heavy (non-hydrogen) atoms. The number of carbonyl (C=O) groups is 3. The molecule has 7 heteroatoms. The molecule has 0 atom stereocenters. The molecule has 0 radical (unpaired) electrons. The van der Waals surface area contributed by atoms with E-state index in [-0.39, 0.29) is 16.7 Å². The molecule has 4 nitrogen and oxygen atoms in total. The fourth-order valence-electron chi connectivity index (χ4n) is 2.11. The highest BCUT2D eigenvalue weighted by Gasteiger charge is 2.30. The van der Waals surface area contributed by atoms with E-state index in [9.17, 15) is 27.6 Å². The second-order valence-electron chi connectivity index (χ2n) is 5.17. The average Bonchev–Trinajstić information content (AvgIpc) is 2.60. The molecule has 2 rings (SSSR count). The summed E-state index contributed by atoms with van der Waals surface area (Å²) in [6.07, 6.45) is -4.97. The van der Waals surface area contributed by atoms with Crippen molar-refractivity contribution in [3.05, 3.63) is 70.8 Å². The van der Waals surface area contributed by atoms with E-state index in [2.05, 4.69) is 4.74 Å². The summed E-state index contributed by atoms with van der Waals surface area (Å²) in [5, 5.41) is 0. The molecule has 0 spiro atoms. The van der Waals surface area contributed by atoms with Crippen LogP contribution in [-0.4, -0.2) is 24.6 Å². The molecular formula is C18H13F3O4. The van der Waals surface area contributed by atoms with E-state index in [4.69, 9.17) is 0 Å². The number of benzene rings is 2. The molecule has 0 fully saturated rings. The van der Waals surface area contributed by atoms with Crippen LogP contribution < -0.4 is 0 Å². The summed E-state index contributed by atoms with van der Waals surface area (Å²) < 4.78 is 42.0. The lowest BCUT2D eigenvalue weighted by molar-refractivity contribution is -0.137. The van der Waals surface area contributed by atoms with Gasteiger partial charge in [0.1, 0.15) is 0 Å². The normalized spacial score (nSPS) is 11.0. The highest BCUT2D eigenvalue weighted by molar-refractivity contribution is 6.13. The van der Waals surface area contributed by atoms with Crippen LogP contribution in [0.2, 0.25) is 0 Å². The lowest BCUT2D eigenvalue weighted by Gasteiger charge is -2.07. The molecule has 0 aromatic heterocycles. The van der Waals surface area contributed by atoms with E-state index in [1.807, 2.05) is 0 Å². The summed E-state index contributed by atoms with van der Waals surface area (Å²) in [7, 11) is 1.23. The summed E-state index contributed by atoms with van der Waals surface area (Å²) in [5.41, 5.74) is -0.373. The molecule has 0 amide bonds. The summed E-state index contributed by atoms with van der Waals surface area (Å²) in [4.78, 5) is 35.4. The van der Waals surface area contributed by atoms with Crippen molar-refractivity contribution in [2.24, 2.45) is 0 Å². The Kier molecular flexibility index (Phi) is 5.36. The zero-order valence-corrected chi connectivity index (χ0v) is 13.1. The number of alkyl halides is 3. The number of methoxy groups -OCH3 is 1. The van der Waals surface area contributed by atoms with Crippen LogP contribution in [0.1, 0.15) is 43.1 Å². The molecule has 130 valence electrons. The fraction of sp³-hybridized carbons (Fsp3) is 0.167. The maximum absolute atomic E-state index is 12.5. The van der Waals surface area contributed by atoms with Crippen LogP contribution in [0.4, 0.5) is 13.2 Å². The molecule has 0 aliphatic carbocycles. The van der Waals surface area contributed by atoms with Gasteiger partial charge >= 0.3 is 12.1 Å². The van der Waals surface area contributed by atoms with E-state index in [0.29, 0.717) is 0 Å². The number of Topliss-reactive ketones (excluding diaryl/α,β-unsaturated/α-hetero) is 2. The Hall–Kier alpha value is -2.96. The second kappa shape index (κ2) is 7.29. The van der Waals surface area contributed by atoms with E-state index in [1.54, 1.807) is 0 Å². The van der Waals surface area contributed by atoms with Crippen molar-refractivity contribution in [3.8, 4) is 0 Å². The van der Waals surface area contributed by atoms with Crippen LogP contribution in [0.5, 0.6) is 0 Å². The van der Waals surface area contributed by atoms with E-state index in [1.165, 1.54) is 31.4 Å². The Morgan fingerprint density at radius 1 is 0.800 bits per heavy atom. The average molecular weight is 350 g/mol. The van der Waals surface area contributed by atoms with Gasteiger partial charge in [-0.1, -0.05) is 24.3 Å². The Morgan fingerprint density at radius 3 is 1.60 bits per heavy atom. The second-order valence-corrected chi connectivity index (χ2v) is 5.17. The van der Waals surface area contributed by atoms with Gasteiger partial charge in [-0.3, -0.25) is 9.59 Å². The van der Waals surface area contributed by atoms with Crippen LogP contribution in [0.3, 0.4) is 0 Å². The first-order valence-corrected chi connectivity index (χ1v) is 7.14. The third-order valence-corrected chi connectivity index (χ3v) is 3.48. The molecule has 0 heterocycles. The van der Waals surface area contributed by atoms with Crippen LogP contribution >= 0.6 is 0 Å². The fourth-order valence-corrected chi connectivity index (χ4v) is 2.11. The van der Waals surface area contributed by atoms with Crippen molar-refractivity contribution < 1.29 is 32.3 Å². The molecule has 2 aromatic rings. The molecule has 0 saturated heterocycles. The van der Waals surface area contributed by atoms with Gasteiger partial charge in [0.05, 0.1) is 24.7 Å². The lowest BCUT2D eigenvalue weighted by atomic mass is 10.00. The smallest absolute Gasteiger partial charge is 0.416 e. The summed E-state index contributed by atoms with van der Waals surface area (Å²) in [6.45, 7) is 0. The lowest BCUT2D eigenvalue weighted by Crippen LogP contribution is -2.10. The SMILES string of the molecule is COC(=O)c1ccc(C(=O)CC(=O)c2ccc(C(F)(F)F)cc2)cc1. The minimum absolute atomic E-state index is 0.0209. The van der Waals surface area contributed by atoms with Gasteiger partial charge < -0.3 is 4.74 Å². The first-order chi connectivity index (χ1) is 11.7. The summed E-state index contributed by atoms with van der Waals surface area (Å²) in [5.74, 6) is -1.64. The molecule has 0 unspecified atom stereocenters. The van der Waals surface area contributed by atoms with Crippen LogP contribution in [0, 0.1) is 0 Å². The molecule has 0 bridgehead atoms. The van der Waals surface area contributed by atoms with Crippen molar-refractivity contribution >= 4 is 17.5 Å². The monoisotopic (exact) mass is 350 g/mol. The summed E-state index contributed by atoms with van der Waals surface area (Å²) >= 11 is 0. The first-order valence-electron chi connectivity index (χ1n) is 7.14. The van der Waals surface area contributed by atoms with Gasteiger partial charge in [-0.15, -0.1) is 0 Å². The van der Waals surface area contributed by atoms with Crippen molar-refractivity contribution in [2.75, 3.05) is 7.11 Å². The number of esters is 1. The standard InChI is InChI=1S/C18H13F3O4/c1-25-17(24)13-4-2-11(3-5-13)15(22)10-16(23)12-6-8-14(9-7-12)18(19,20)21/h2-9H,10H2,1H3. The third-order valence-electron chi connectivity index (χ3n) is 3.48. The van der Waals surface area contributed by atoms with Gasteiger partial charge in [0.25, 0.3) is 0 Å². The zero-order chi connectivity index (χ0) is 18.6. The van der Waals surface area contributed by atoms with Crippen LogP contribution in [0.15, 0.2) is 48.5 Å². The topological polar surface area (TPSA) is 60.4 Å². The quantitative estimate of drug-likeness (QED) is 0.465. The molecule has 0 N–H and O–H groups in total. The predicted octanol–water partition coefficient (Wildman–Crippen LogP) is 3.95. The van der Waals surface area contributed by atoms with Gasteiger partial charge in [0.15, 0.2) is 11.6 Å². The Balaban J connectivity index is 2.07. The molecule has 0 aliphatic heterocycles. The summed E-state index contributed by atoms with van der Waals surface area (Å²) in [6, 6.07) is 9.22. The zero-order valence-electron chi connectivity index (χ0n) is 13.1. The van der Waals surface area contributed by atoms with E-state index in [0.717, 1.165) is 24.3 Å². The van der Waals surface area contributed by atoms with Crippen LogP contribution in [0.25, 0.3) is 0 Å².